The number of nitrogens with one attached hydrogen (secondary N) is 1. The number of hydrogen-bond acceptors (Lipinski definition) is 5. The minimum atomic E-state index is -4.64. The molecule has 1 aromatic carbocycles. The lowest BCUT2D eigenvalue weighted by Gasteiger charge is -2.31. The van der Waals surface area contributed by atoms with Crippen LogP contribution in [-0.2, 0) is 17.5 Å². The molecule has 3 aromatic rings. The van der Waals surface area contributed by atoms with Gasteiger partial charge in [-0.25, -0.2) is 4.98 Å². The fraction of sp³-hybridized carbons (Fsp3) is 0.364. The minimum absolute atomic E-state index is 0.0443. The molecule has 1 aliphatic rings. The molecule has 0 bridgehead atoms. The van der Waals surface area contributed by atoms with Crippen LogP contribution in [0.1, 0.15) is 29.0 Å². The van der Waals surface area contributed by atoms with Crippen molar-refractivity contribution in [3.05, 3.63) is 54.0 Å². The minimum Gasteiger partial charge on any atom is -0.396 e. The van der Waals surface area contributed by atoms with E-state index in [2.05, 4.69) is 15.4 Å². The Kier molecular flexibility index (Phi) is 6.32. The van der Waals surface area contributed by atoms with Crippen molar-refractivity contribution in [3.8, 4) is 0 Å². The van der Waals surface area contributed by atoms with Crippen molar-refractivity contribution in [2.24, 2.45) is 5.92 Å². The molecule has 33 heavy (non-hydrogen) atoms. The SMILES string of the molecule is O=C(Nc1ccc2nn(CC(=O)N3CCCC(CO)C3)cc2c1)c1cccc(C(F)(F)F)n1. The molecule has 0 spiro atoms. The Labute approximate surface area is 187 Å². The topological polar surface area (TPSA) is 100 Å². The van der Waals surface area contributed by atoms with Crippen molar-refractivity contribution in [1.82, 2.24) is 19.7 Å². The largest absolute Gasteiger partial charge is 0.433 e. The van der Waals surface area contributed by atoms with E-state index in [1.165, 1.54) is 10.7 Å². The molecule has 0 aliphatic carbocycles. The number of pyridine rings is 1. The number of halogens is 3. The maximum atomic E-state index is 12.8. The first-order chi connectivity index (χ1) is 15.7. The van der Waals surface area contributed by atoms with Crippen molar-refractivity contribution in [3.63, 3.8) is 0 Å². The molecule has 1 aliphatic heterocycles. The fourth-order valence-corrected chi connectivity index (χ4v) is 3.83. The van der Waals surface area contributed by atoms with Gasteiger partial charge in [0.05, 0.1) is 5.52 Å². The maximum Gasteiger partial charge on any atom is 0.433 e. The van der Waals surface area contributed by atoms with E-state index in [0.29, 0.717) is 29.7 Å². The summed E-state index contributed by atoms with van der Waals surface area (Å²) in [5.41, 5.74) is -0.534. The summed E-state index contributed by atoms with van der Waals surface area (Å²) in [7, 11) is 0. The Morgan fingerprint density at radius 1 is 1.21 bits per heavy atom. The predicted molar refractivity (Wildman–Crippen MR) is 113 cm³/mol. The van der Waals surface area contributed by atoms with Gasteiger partial charge in [0, 0.05) is 37.0 Å². The summed E-state index contributed by atoms with van der Waals surface area (Å²) < 4.78 is 40.0. The zero-order valence-corrected chi connectivity index (χ0v) is 17.5. The molecule has 4 rings (SSSR count). The summed E-state index contributed by atoms with van der Waals surface area (Å²) >= 11 is 0. The maximum absolute atomic E-state index is 12.8. The second-order valence-electron chi connectivity index (χ2n) is 7.99. The van der Waals surface area contributed by atoms with Crippen LogP contribution in [0.4, 0.5) is 18.9 Å². The van der Waals surface area contributed by atoms with Gasteiger partial charge in [0.15, 0.2) is 0 Å². The standard InChI is InChI=1S/C22H22F3N5O3/c23-22(24,25)19-5-1-4-18(27-19)21(33)26-16-6-7-17-15(9-16)11-30(28-17)12-20(32)29-8-2-3-14(10-29)13-31/h1,4-7,9,11,14,31H,2-3,8,10,12-13H2,(H,26,33). The number of aliphatic hydroxyl groups is 1. The molecule has 11 heteroatoms. The summed E-state index contributed by atoms with van der Waals surface area (Å²) in [5, 5.41) is 16.9. The number of hydrogen-bond donors (Lipinski definition) is 2. The number of nitrogens with zero attached hydrogens (tertiary/aromatic N) is 4. The zero-order chi connectivity index (χ0) is 23.6. The molecule has 2 amide bonds. The first kappa shape index (κ1) is 22.7. The number of benzene rings is 1. The number of aliphatic hydroxyl groups excluding tert-OH is 1. The highest BCUT2D eigenvalue weighted by atomic mass is 19.4. The Balaban J connectivity index is 1.45. The first-order valence-corrected chi connectivity index (χ1v) is 10.4. The summed E-state index contributed by atoms with van der Waals surface area (Å²) in [6.07, 6.45) is -1.23. The Morgan fingerprint density at radius 3 is 2.79 bits per heavy atom. The van der Waals surface area contributed by atoms with E-state index in [-0.39, 0.29) is 30.7 Å². The number of fused-ring (bicyclic) bond motifs is 1. The number of carbonyl (C=O) groups is 2. The highest BCUT2D eigenvalue weighted by Gasteiger charge is 2.33. The molecule has 0 saturated carbocycles. The number of aromatic nitrogens is 3. The van der Waals surface area contributed by atoms with Crippen LogP contribution in [-0.4, -0.2) is 56.3 Å². The van der Waals surface area contributed by atoms with Gasteiger partial charge >= 0.3 is 6.18 Å². The number of rotatable bonds is 5. The molecular formula is C22H22F3N5O3. The predicted octanol–water partition coefficient (Wildman–Crippen LogP) is 2.93. The second-order valence-corrected chi connectivity index (χ2v) is 7.99. The Hall–Kier alpha value is -3.47. The van der Waals surface area contributed by atoms with E-state index in [1.54, 1.807) is 29.3 Å². The Morgan fingerprint density at radius 2 is 2.03 bits per heavy atom. The van der Waals surface area contributed by atoms with Gasteiger partial charge in [-0.2, -0.15) is 18.3 Å². The van der Waals surface area contributed by atoms with Crippen molar-refractivity contribution in [1.29, 1.82) is 0 Å². The summed E-state index contributed by atoms with van der Waals surface area (Å²) in [5.74, 6) is -0.770. The summed E-state index contributed by atoms with van der Waals surface area (Å²) in [6.45, 7) is 1.27. The Bertz CT molecular complexity index is 1180. The lowest BCUT2D eigenvalue weighted by molar-refractivity contribution is -0.141. The van der Waals surface area contributed by atoms with Crippen LogP contribution in [0.15, 0.2) is 42.6 Å². The van der Waals surface area contributed by atoms with Gasteiger partial charge < -0.3 is 15.3 Å². The van der Waals surface area contributed by atoms with E-state index in [4.69, 9.17) is 0 Å². The van der Waals surface area contributed by atoms with Crippen LogP contribution in [0.5, 0.6) is 0 Å². The molecule has 1 atom stereocenters. The molecule has 1 saturated heterocycles. The van der Waals surface area contributed by atoms with Crippen molar-refractivity contribution in [2.75, 3.05) is 25.0 Å². The second kappa shape index (κ2) is 9.18. The van der Waals surface area contributed by atoms with Gasteiger partial charge in [-0.1, -0.05) is 6.07 Å². The summed E-state index contributed by atoms with van der Waals surface area (Å²) in [6, 6.07) is 7.97. The van der Waals surface area contributed by atoms with Crippen LogP contribution in [0.25, 0.3) is 10.9 Å². The number of piperidine rings is 1. The number of carbonyl (C=O) groups excluding carboxylic acids is 2. The number of amides is 2. The van der Waals surface area contributed by atoms with E-state index >= 15 is 0 Å². The van der Waals surface area contributed by atoms with Crippen LogP contribution < -0.4 is 5.32 Å². The number of likely N-dealkylation sites (tertiary alicyclic amines) is 1. The molecule has 3 heterocycles. The average Bonchev–Trinajstić information content (AvgIpc) is 3.20. The summed E-state index contributed by atoms with van der Waals surface area (Å²) in [4.78, 5) is 30.1. The third kappa shape index (κ3) is 5.30. The molecule has 0 radical (unpaired) electrons. The van der Waals surface area contributed by atoms with Crippen LogP contribution in [0.3, 0.4) is 0 Å². The zero-order valence-electron chi connectivity index (χ0n) is 17.5. The van der Waals surface area contributed by atoms with Crippen LogP contribution >= 0.6 is 0 Å². The molecule has 2 aromatic heterocycles. The van der Waals surface area contributed by atoms with Gasteiger partial charge in [0.1, 0.15) is 17.9 Å². The van der Waals surface area contributed by atoms with E-state index in [0.717, 1.165) is 25.0 Å². The van der Waals surface area contributed by atoms with Crippen molar-refractivity contribution < 1.29 is 27.9 Å². The van der Waals surface area contributed by atoms with E-state index < -0.39 is 17.8 Å². The van der Waals surface area contributed by atoms with Gasteiger partial charge in [-0.15, -0.1) is 0 Å². The highest BCUT2D eigenvalue weighted by Crippen LogP contribution is 2.27. The van der Waals surface area contributed by atoms with Crippen molar-refractivity contribution in [2.45, 2.75) is 25.6 Å². The molecule has 1 fully saturated rings. The van der Waals surface area contributed by atoms with E-state index in [1.807, 2.05) is 0 Å². The monoisotopic (exact) mass is 461 g/mol. The number of anilines is 1. The van der Waals surface area contributed by atoms with Gasteiger partial charge in [0.2, 0.25) is 5.91 Å². The lowest BCUT2D eigenvalue weighted by atomic mass is 9.99. The van der Waals surface area contributed by atoms with Gasteiger partial charge in [-0.05, 0) is 49.1 Å². The first-order valence-electron chi connectivity index (χ1n) is 10.4. The van der Waals surface area contributed by atoms with Gasteiger partial charge in [0.25, 0.3) is 5.91 Å². The molecule has 174 valence electrons. The molecular weight excluding hydrogens is 439 g/mol. The van der Waals surface area contributed by atoms with Gasteiger partial charge in [-0.3, -0.25) is 14.3 Å². The third-order valence-corrected chi connectivity index (χ3v) is 5.51. The normalized spacial score (nSPS) is 16.7. The lowest BCUT2D eigenvalue weighted by Crippen LogP contribution is -2.42. The number of alkyl halides is 3. The third-order valence-electron chi connectivity index (χ3n) is 5.51. The molecule has 2 N–H and O–H groups in total. The quantitative estimate of drug-likeness (QED) is 0.609. The smallest absolute Gasteiger partial charge is 0.396 e. The van der Waals surface area contributed by atoms with E-state index in [9.17, 15) is 27.9 Å². The van der Waals surface area contributed by atoms with Crippen molar-refractivity contribution >= 4 is 28.4 Å². The average molecular weight is 461 g/mol. The highest BCUT2D eigenvalue weighted by molar-refractivity contribution is 6.03. The van der Waals surface area contributed by atoms with Crippen LogP contribution in [0, 0.1) is 5.92 Å². The molecule has 8 nitrogen and oxygen atoms in total. The molecule has 1 unspecified atom stereocenters. The fourth-order valence-electron chi connectivity index (χ4n) is 3.83. The van der Waals surface area contributed by atoms with Crippen LogP contribution in [0.2, 0.25) is 0 Å².